The zero-order valence-electron chi connectivity index (χ0n) is 11.6. The van der Waals surface area contributed by atoms with Crippen molar-refractivity contribution in [2.75, 3.05) is 11.9 Å². The van der Waals surface area contributed by atoms with Gasteiger partial charge >= 0.3 is 5.82 Å². The first-order valence-electron chi connectivity index (χ1n) is 6.76. The van der Waals surface area contributed by atoms with Gasteiger partial charge in [-0.3, -0.25) is 4.57 Å². The molecule has 2 unspecified atom stereocenters. The number of piperidine rings is 1. The number of nitrogens with zero attached hydrogens (tertiary/aromatic N) is 3. The molecule has 7 nitrogen and oxygen atoms in total. The summed E-state index contributed by atoms with van der Waals surface area (Å²) in [6.45, 7) is 7.54. The molecule has 0 aliphatic carbocycles. The molecule has 2 heterocycles. The van der Waals surface area contributed by atoms with Crippen LogP contribution in [0.1, 0.15) is 32.5 Å². The Balaban J connectivity index is 2.29. The monoisotopic (exact) mass is 267 g/mol. The Bertz CT molecular complexity index is 471. The second-order valence-corrected chi connectivity index (χ2v) is 4.97. The first kappa shape index (κ1) is 13.8. The minimum atomic E-state index is -0.414. The lowest BCUT2D eigenvalue weighted by atomic mass is 10.00. The Labute approximate surface area is 112 Å². The molecule has 1 saturated heterocycles. The highest BCUT2D eigenvalue weighted by atomic mass is 16.6. The Morgan fingerprint density at radius 2 is 2.37 bits per heavy atom. The van der Waals surface area contributed by atoms with E-state index in [1.807, 2.05) is 11.5 Å². The van der Waals surface area contributed by atoms with Crippen LogP contribution in [0.25, 0.3) is 0 Å². The molecule has 0 bridgehead atoms. The quantitative estimate of drug-likeness (QED) is 0.640. The molecule has 0 amide bonds. The molecular weight excluding hydrogens is 246 g/mol. The van der Waals surface area contributed by atoms with Crippen LogP contribution in [0.15, 0.2) is 0 Å². The van der Waals surface area contributed by atoms with Gasteiger partial charge in [-0.05, 0) is 43.1 Å². The van der Waals surface area contributed by atoms with E-state index < -0.39 is 4.92 Å². The lowest BCUT2D eigenvalue weighted by molar-refractivity contribution is -0.388. The molecule has 1 aliphatic heterocycles. The third-order valence-corrected chi connectivity index (χ3v) is 3.71. The van der Waals surface area contributed by atoms with Gasteiger partial charge in [-0.1, -0.05) is 0 Å². The van der Waals surface area contributed by atoms with Gasteiger partial charge in [-0.15, -0.1) is 0 Å². The second-order valence-electron chi connectivity index (χ2n) is 4.97. The summed E-state index contributed by atoms with van der Waals surface area (Å²) in [5.41, 5.74) is 0. The van der Waals surface area contributed by atoms with Crippen molar-refractivity contribution in [2.45, 2.75) is 52.2 Å². The smallest absolute Gasteiger partial charge is 0.360 e. The lowest BCUT2D eigenvalue weighted by Crippen LogP contribution is -2.46. The van der Waals surface area contributed by atoms with Gasteiger partial charge in [0.15, 0.2) is 0 Å². The molecule has 0 saturated carbocycles. The molecule has 2 atom stereocenters. The number of nitrogens with one attached hydrogen (secondary N) is 2. The second kappa shape index (κ2) is 5.56. The SMILES string of the molecule is CCn1c(C)nc([N+](=O)[O-])c1NC1CCCNC1C. The zero-order valence-corrected chi connectivity index (χ0v) is 11.6. The van der Waals surface area contributed by atoms with Crippen LogP contribution in [0.4, 0.5) is 11.6 Å². The van der Waals surface area contributed by atoms with Crippen LogP contribution >= 0.6 is 0 Å². The van der Waals surface area contributed by atoms with E-state index in [0.29, 0.717) is 24.2 Å². The average Bonchev–Trinajstić information content (AvgIpc) is 2.68. The largest absolute Gasteiger partial charge is 0.406 e. The van der Waals surface area contributed by atoms with Crippen molar-refractivity contribution in [3.05, 3.63) is 15.9 Å². The molecule has 0 aromatic carbocycles. The van der Waals surface area contributed by atoms with Crippen molar-refractivity contribution in [2.24, 2.45) is 0 Å². The number of rotatable bonds is 4. The maximum Gasteiger partial charge on any atom is 0.406 e. The fourth-order valence-electron chi connectivity index (χ4n) is 2.62. The van der Waals surface area contributed by atoms with Crippen molar-refractivity contribution in [1.82, 2.24) is 14.9 Å². The minimum Gasteiger partial charge on any atom is -0.360 e. The van der Waals surface area contributed by atoms with Gasteiger partial charge in [0, 0.05) is 25.6 Å². The number of hydrogen-bond acceptors (Lipinski definition) is 5. The Hall–Kier alpha value is -1.63. The van der Waals surface area contributed by atoms with Gasteiger partial charge in [0.05, 0.1) is 0 Å². The summed E-state index contributed by atoms with van der Waals surface area (Å²) in [6, 6.07) is 0.503. The fraction of sp³-hybridized carbons (Fsp3) is 0.750. The molecule has 1 aliphatic rings. The topological polar surface area (TPSA) is 85.0 Å². The van der Waals surface area contributed by atoms with E-state index in [4.69, 9.17) is 0 Å². The summed E-state index contributed by atoms with van der Waals surface area (Å²) >= 11 is 0. The van der Waals surface area contributed by atoms with E-state index in [1.54, 1.807) is 6.92 Å². The predicted molar refractivity (Wildman–Crippen MR) is 73.4 cm³/mol. The van der Waals surface area contributed by atoms with E-state index >= 15 is 0 Å². The van der Waals surface area contributed by atoms with Crippen molar-refractivity contribution in [3.63, 3.8) is 0 Å². The number of hydrogen-bond donors (Lipinski definition) is 2. The summed E-state index contributed by atoms with van der Waals surface area (Å²) in [5, 5.41) is 17.8. The van der Waals surface area contributed by atoms with Gasteiger partial charge < -0.3 is 20.7 Å². The van der Waals surface area contributed by atoms with E-state index in [1.165, 1.54) is 0 Å². The van der Waals surface area contributed by atoms with Crippen LogP contribution in [-0.4, -0.2) is 33.1 Å². The average molecular weight is 267 g/mol. The third-order valence-electron chi connectivity index (χ3n) is 3.71. The van der Waals surface area contributed by atoms with Crippen LogP contribution in [0.5, 0.6) is 0 Å². The summed E-state index contributed by atoms with van der Waals surface area (Å²) in [5.74, 6) is 1.13. The van der Waals surface area contributed by atoms with E-state index in [-0.39, 0.29) is 11.9 Å². The standard InChI is InChI=1S/C12H21N5O2/c1-4-16-9(3)14-12(17(18)19)11(16)15-10-6-5-7-13-8(10)2/h8,10,13,15H,4-7H2,1-3H3. The summed E-state index contributed by atoms with van der Waals surface area (Å²) in [6.07, 6.45) is 2.09. The molecule has 19 heavy (non-hydrogen) atoms. The molecule has 1 fully saturated rings. The van der Waals surface area contributed by atoms with Gasteiger partial charge in [-0.2, -0.15) is 0 Å². The van der Waals surface area contributed by atoms with Gasteiger partial charge in [-0.25, -0.2) is 0 Å². The minimum absolute atomic E-state index is 0.0721. The molecule has 7 heteroatoms. The van der Waals surface area contributed by atoms with Crippen LogP contribution in [0, 0.1) is 17.0 Å². The zero-order chi connectivity index (χ0) is 14.0. The first-order valence-corrected chi connectivity index (χ1v) is 6.76. The van der Waals surface area contributed by atoms with E-state index in [0.717, 1.165) is 19.4 Å². The van der Waals surface area contributed by atoms with Crippen molar-refractivity contribution >= 4 is 11.6 Å². The Morgan fingerprint density at radius 1 is 1.63 bits per heavy atom. The fourth-order valence-corrected chi connectivity index (χ4v) is 2.62. The van der Waals surface area contributed by atoms with Crippen LogP contribution < -0.4 is 10.6 Å². The van der Waals surface area contributed by atoms with Crippen molar-refractivity contribution < 1.29 is 4.92 Å². The molecule has 2 rings (SSSR count). The highest BCUT2D eigenvalue weighted by molar-refractivity contribution is 5.54. The number of aromatic nitrogens is 2. The van der Waals surface area contributed by atoms with Crippen molar-refractivity contribution in [3.8, 4) is 0 Å². The molecule has 106 valence electrons. The highest BCUT2D eigenvalue weighted by Crippen LogP contribution is 2.27. The Morgan fingerprint density at radius 3 is 2.95 bits per heavy atom. The maximum atomic E-state index is 11.1. The van der Waals surface area contributed by atoms with E-state index in [2.05, 4.69) is 22.5 Å². The summed E-state index contributed by atoms with van der Waals surface area (Å²) in [4.78, 5) is 14.7. The number of nitro groups is 1. The van der Waals surface area contributed by atoms with Crippen molar-refractivity contribution in [1.29, 1.82) is 0 Å². The molecule has 1 aromatic heterocycles. The van der Waals surface area contributed by atoms with Crippen LogP contribution in [0.2, 0.25) is 0 Å². The third kappa shape index (κ3) is 2.70. The van der Waals surface area contributed by atoms with Crippen LogP contribution in [0.3, 0.4) is 0 Å². The van der Waals surface area contributed by atoms with Crippen LogP contribution in [-0.2, 0) is 6.54 Å². The number of anilines is 1. The summed E-state index contributed by atoms with van der Waals surface area (Å²) in [7, 11) is 0. The number of aryl methyl sites for hydroxylation is 1. The lowest BCUT2D eigenvalue weighted by Gasteiger charge is -2.31. The molecule has 1 aromatic rings. The van der Waals surface area contributed by atoms with Gasteiger partial charge in [0.1, 0.15) is 0 Å². The maximum absolute atomic E-state index is 11.1. The first-order chi connectivity index (χ1) is 9.04. The molecule has 0 spiro atoms. The summed E-state index contributed by atoms with van der Waals surface area (Å²) < 4.78 is 1.86. The predicted octanol–water partition coefficient (Wildman–Crippen LogP) is 1.67. The molecular formula is C12H21N5O2. The van der Waals surface area contributed by atoms with E-state index in [9.17, 15) is 10.1 Å². The normalized spacial score (nSPS) is 23.3. The highest BCUT2D eigenvalue weighted by Gasteiger charge is 2.29. The molecule has 2 N–H and O–H groups in total. The van der Waals surface area contributed by atoms with Gasteiger partial charge in [0.2, 0.25) is 11.6 Å². The van der Waals surface area contributed by atoms with Gasteiger partial charge in [0.25, 0.3) is 0 Å². The Kier molecular flexibility index (Phi) is 4.04. The molecule has 0 radical (unpaired) electrons. The number of imidazole rings is 1.